The molecule has 1 N–H and O–H groups in total. The van der Waals surface area contributed by atoms with Gasteiger partial charge in [0, 0.05) is 23.0 Å². The number of rotatable bonds is 3. The Morgan fingerprint density at radius 1 is 1.35 bits per heavy atom. The van der Waals surface area contributed by atoms with Crippen molar-refractivity contribution in [2.45, 2.75) is 26.7 Å². The van der Waals surface area contributed by atoms with Gasteiger partial charge in [0.2, 0.25) is 0 Å². The Hall–Kier alpha value is -1.48. The predicted octanol–water partition coefficient (Wildman–Crippen LogP) is 3.73. The van der Waals surface area contributed by atoms with Gasteiger partial charge in [-0.05, 0) is 31.9 Å². The van der Waals surface area contributed by atoms with Crippen molar-refractivity contribution in [1.29, 1.82) is 0 Å². The van der Waals surface area contributed by atoms with E-state index in [-0.39, 0.29) is 5.78 Å². The molecule has 0 unspecified atom stereocenters. The first-order valence-corrected chi connectivity index (χ1v) is 6.10. The van der Waals surface area contributed by atoms with Gasteiger partial charge in [-0.25, -0.2) is 0 Å². The zero-order chi connectivity index (χ0) is 12.4. The average Bonchev–Trinajstić information content (AvgIpc) is 2.28. The van der Waals surface area contributed by atoms with Gasteiger partial charge in [-0.3, -0.25) is 0 Å². The number of nitrogens with one attached hydrogen (secondary N) is 1. The molecule has 1 aromatic heterocycles. The molecule has 2 aromatic rings. The minimum atomic E-state index is 0.201. The Balaban J connectivity index is 2.56. The summed E-state index contributed by atoms with van der Waals surface area (Å²) in [6.45, 7) is 3.63. The van der Waals surface area contributed by atoms with Crippen molar-refractivity contribution in [3.63, 3.8) is 0 Å². The lowest BCUT2D eigenvalue weighted by Gasteiger charge is -2.08. The molecule has 0 radical (unpaired) electrons. The number of H-pyrrole nitrogens is 1. The van der Waals surface area contributed by atoms with Gasteiger partial charge in [0.1, 0.15) is 5.78 Å². The second-order valence-corrected chi connectivity index (χ2v) is 4.71. The number of hydrogen-bond donors (Lipinski definition) is 1. The van der Waals surface area contributed by atoms with Crippen LogP contribution in [0, 0.1) is 11.4 Å². The fourth-order valence-corrected chi connectivity index (χ4v) is 2.44. The molecule has 0 aliphatic carbocycles. The highest BCUT2D eigenvalue weighted by molar-refractivity contribution is 7.71. The second-order valence-electron chi connectivity index (χ2n) is 4.31. The Morgan fingerprint density at radius 2 is 2.06 bits per heavy atom. The molecule has 0 atom stereocenters. The van der Waals surface area contributed by atoms with Crippen LogP contribution in [0.2, 0.25) is 0 Å². The molecule has 0 saturated heterocycles. The Morgan fingerprint density at radius 3 is 2.76 bits per heavy atom. The maximum Gasteiger partial charge on any atom is 0.130 e. The Kier molecular flexibility index (Phi) is 3.38. The van der Waals surface area contributed by atoms with Crippen LogP contribution in [0.5, 0.6) is 0 Å². The number of carbonyl (C=O) groups excluding carboxylic acids is 1. The van der Waals surface area contributed by atoms with Gasteiger partial charge < -0.3 is 9.78 Å². The first-order chi connectivity index (χ1) is 8.09. The summed E-state index contributed by atoms with van der Waals surface area (Å²) in [6, 6.07) is 8.01. The van der Waals surface area contributed by atoms with Crippen LogP contribution in [-0.2, 0) is 11.2 Å². The predicted molar refractivity (Wildman–Crippen MR) is 72.9 cm³/mol. The van der Waals surface area contributed by atoms with E-state index in [9.17, 15) is 4.79 Å². The Bertz CT molecular complexity index is 628. The summed E-state index contributed by atoms with van der Waals surface area (Å²) in [5.74, 6) is 0.201. The number of aromatic amines is 1. The molecule has 2 nitrogen and oxygen atoms in total. The summed E-state index contributed by atoms with van der Waals surface area (Å²) in [6.07, 6.45) is 1.28. The van der Waals surface area contributed by atoms with E-state index in [0.29, 0.717) is 6.42 Å². The first kappa shape index (κ1) is 12.0. The van der Waals surface area contributed by atoms with Crippen LogP contribution < -0.4 is 0 Å². The molecular weight excluding hydrogens is 230 g/mol. The van der Waals surface area contributed by atoms with E-state index in [1.807, 2.05) is 31.2 Å². The third-order valence-electron chi connectivity index (χ3n) is 2.95. The third-order valence-corrected chi connectivity index (χ3v) is 3.41. The molecule has 2 rings (SSSR count). The summed E-state index contributed by atoms with van der Waals surface area (Å²) in [7, 11) is 0. The van der Waals surface area contributed by atoms with E-state index in [0.717, 1.165) is 33.1 Å². The minimum Gasteiger partial charge on any atom is -0.358 e. The third kappa shape index (κ3) is 2.44. The number of aromatic nitrogens is 1. The summed E-state index contributed by atoms with van der Waals surface area (Å²) in [5, 5.41) is 1.06. The molecule has 88 valence electrons. The smallest absolute Gasteiger partial charge is 0.130 e. The lowest BCUT2D eigenvalue weighted by atomic mass is 10.0. The largest absolute Gasteiger partial charge is 0.358 e. The van der Waals surface area contributed by atoms with Crippen LogP contribution in [-0.4, -0.2) is 10.8 Å². The average molecular weight is 245 g/mol. The van der Waals surface area contributed by atoms with Crippen molar-refractivity contribution in [3.8, 4) is 0 Å². The Labute approximate surface area is 106 Å². The SMILES string of the molecule is CC(=O)CCc1c(C)[nH]c2ccccc2c1=S. The molecule has 0 spiro atoms. The number of para-hydroxylation sites is 1. The van der Waals surface area contributed by atoms with Crippen molar-refractivity contribution in [3.05, 3.63) is 40.0 Å². The normalized spacial score (nSPS) is 10.7. The molecule has 1 heterocycles. The monoisotopic (exact) mass is 245 g/mol. The molecule has 0 saturated carbocycles. The zero-order valence-electron chi connectivity index (χ0n) is 10.0. The minimum absolute atomic E-state index is 0.201. The van der Waals surface area contributed by atoms with E-state index in [1.165, 1.54) is 0 Å². The van der Waals surface area contributed by atoms with Gasteiger partial charge in [-0.2, -0.15) is 0 Å². The van der Waals surface area contributed by atoms with Gasteiger partial charge in [0.05, 0.1) is 4.51 Å². The maximum absolute atomic E-state index is 11.1. The molecule has 1 aromatic carbocycles. The van der Waals surface area contributed by atoms with Gasteiger partial charge in [-0.1, -0.05) is 30.4 Å². The fraction of sp³-hybridized carbons (Fsp3) is 0.286. The number of Topliss-reactive ketones (excluding diaryl/α,β-unsaturated/α-hetero) is 1. The number of hydrogen-bond acceptors (Lipinski definition) is 2. The topological polar surface area (TPSA) is 32.9 Å². The lowest BCUT2D eigenvalue weighted by molar-refractivity contribution is -0.116. The van der Waals surface area contributed by atoms with E-state index >= 15 is 0 Å². The van der Waals surface area contributed by atoms with Crippen molar-refractivity contribution in [2.24, 2.45) is 0 Å². The second kappa shape index (κ2) is 4.80. The highest BCUT2D eigenvalue weighted by Crippen LogP contribution is 2.20. The van der Waals surface area contributed by atoms with Crippen LogP contribution in [0.4, 0.5) is 0 Å². The quantitative estimate of drug-likeness (QED) is 0.836. The number of benzene rings is 1. The van der Waals surface area contributed by atoms with Crippen molar-refractivity contribution in [1.82, 2.24) is 4.98 Å². The number of fused-ring (bicyclic) bond motifs is 1. The molecule has 0 fully saturated rings. The van der Waals surface area contributed by atoms with E-state index in [4.69, 9.17) is 12.2 Å². The maximum atomic E-state index is 11.1. The molecule has 0 amide bonds. The van der Waals surface area contributed by atoms with Gasteiger partial charge in [0.25, 0.3) is 0 Å². The van der Waals surface area contributed by atoms with Crippen LogP contribution in [0.1, 0.15) is 24.6 Å². The highest BCUT2D eigenvalue weighted by atomic mass is 32.1. The zero-order valence-corrected chi connectivity index (χ0v) is 10.9. The number of ketones is 1. The number of carbonyl (C=O) groups is 1. The van der Waals surface area contributed by atoms with Crippen LogP contribution in [0.15, 0.2) is 24.3 Å². The lowest BCUT2D eigenvalue weighted by Crippen LogP contribution is -2.00. The van der Waals surface area contributed by atoms with E-state index < -0.39 is 0 Å². The highest BCUT2D eigenvalue weighted by Gasteiger charge is 2.06. The summed E-state index contributed by atoms with van der Waals surface area (Å²) >= 11 is 5.50. The summed E-state index contributed by atoms with van der Waals surface area (Å²) in [4.78, 5) is 14.4. The molecule has 0 aliphatic rings. The molecular formula is C14H15NOS. The van der Waals surface area contributed by atoms with Gasteiger partial charge in [-0.15, -0.1) is 0 Å². The van der Waals surface area contributed by atoms with Crippen molar-refractivity contribution in [2.75, 3.05) is 0 Å². The fourth-order valence-electron chi connectivity index (χ4n) is 2.00. The van der Waals surface area contributed by atoms with Gasteiger partial charge in [0.15, 0.2) is 0 Å². The van der Waals surface area contributed by atoms with Crippen LogP contribution in [0.3, 0.4) is 0 Å². The number of pyridine rings is 1. The van der Waals surface area contributed by atoms with E-state index in [1.54, 1.807) is 6.92 Å². The van der Waals surface area contributed by atoms with Crippen molar-refractivity contribution >= 4 is 28.9 Å². The van der Waals surface area contributed by atoms with Crippen molar-refractivity contribution < 1.29 is 4.79 Å². The van der Waals surface area contributed by atoms with Gasteiger partial charge >= 0.3 is 0 Å². The molecule has 17 heavy (non-hydrogen) atoms. The molecule has 0 aliphatic heterocycles. The first-order valence-electron chi connectivity index (χ1n) is 5.69. The molecule has 3 heteroatoms. The summed E-state index contributed by atoms with van der Waals surface area (Å²) < 4.78 is 0.873. The van der Waals surface area contributed by atoms with Crippen LogP contribution >= 0.6 is 12.2 Å². The number of aryl methyl sites for hydroxylation is 1. The van der Waals surface area contributed by atoms with E-state index in [2.05, 4.69) is 4.98 Å². The summed E-state index contributed by atoms with van der Waals surface area (Å²) in [5.41, 5.74) is 3.21. The standard InChI is InChI=1S/C14H15NOS/c1-9(16)7-8-11-10(2)15-13-6-4-3-5-12(13)14(11)17/h3-6H,7-8H2,1-2H3,(H,15,17). The van der Waals surface area contributed by atoms with Crippen LogP contribution in [0.25, 0.3) is 10.9 Å². The molecule has 0 bridgehead atoms.